The van der Waals surface area contributed by atoms with Gasteiger partial charge in [-0.05, 0) is 13.1 Å². The van der Waals surface area contributed by atoms with Gasteiger partial charge in [-0.1, -0.05) is 13.8 Å². The average molecular weight is 163 g/mol. The van der Waals surface area contributed by atoms with Crippen LogP contribution in [-0.4, -0.2) is 38.3 Å². The van der Waals surface area contributed by atoms with Crippen molar-refractivity contribution in [2.24, 2.45) is 0 Å². The third kappa shape index (κ3) is 4.52. The van der Waals surface area contributed by atoms with Gasteiger partial charge in [0.2, 0.25) is 10.3 Å². The predicted molar refractivity (Wildman–Crippen MR) is 42.8 cm³/mol. The van der Waals surface area contributed by atoms with Gasteiger partial charge in [0.1, 0.15) is 0 Å². The van der Waals surface area contributed by atoms with Crippen molar-refractivity contribution >= 4 is 15.7 Å². The van der Waals surface area contributed by atoms with E-state index in [4.69, 9.17) is 0 Å². The molecule has 0 heterocycles. The topological polar surface area (TPSA) is 37.4 Å². The Bertz CT molecular complexity index is 184. The second-order valence-corrected chi connectivity index (χ2v) is 2.77. The van der Waals surface area contributed by atoms with E-state index in [1.54, 1.807) is 0 Å². The van der Waals surface area contributed by atoms with Gasteiger partial charge in [0.25, 0.3) is 0 Å². The van der Waals surface area contributed by atoms with Gasteiger partial charge in [0.05, 0.1) is 0 Å². The van der Waals surface area contributed by atoms with Crippen molar-refractivity contribution in [3.63, 3.8) is 0 Å². The number of nitrogens with zero attached hydrogens (tertiary/aromatic N) is 1. The van der Waals surface area contributed by atoms with Gasteiger partial charge >= 0.3 is 0 Å². The van der Waals surface area contributed by atoms with Crippen LogP contribution in [-0.2, 0) is 10.3 Å². The molecule has 0 aromatic rings. The van der Waals surface area contributed by atoms with Crippen LogP contribution in [0.2, 0.25) is 0 Å². The van der Waals surface area contributed by atoms with Gasteiger partial charge in [0, 0.05) is 11.9 Å². The number of rotatable bonds is 4. The zero-order chi connectivity index (χ0) is 7.98. The van der Waals surface area contributed by atoms with Crippen LogP contribution in [0.1, 0.15) is 13.8 Å². The van der Waals surface area contributed by atoms with E-state index in [0.717, 1.165) is 13.1 Å². The SMILES string of the molecule is CCN(CC)CC=S(=O)=O. The summed E-state index contributed by atoms with van der Waals surface area (Å²) in [6, 6.07) is 0. The molecule has 0 aliphatic rings. The lowest BCUT2D eigenvalue weighted by atomic mass is 10.5. The fourth-order valence-corrected chi connectivity index (χ4v) is 0.981. The summed E-state index contributed by atoms with van der Waals surface area (Å²) >= 11 is 0. The van der Waals surface area contributed by atoms with Gasteiger partial charge < -0.3 is 0 Å². The predicted octanol–water partition coefficient (Wildman–Crippen LogP) is 0.00950. The van der Waals surface area contributed by atoms with E-state index in [9.17, 15) is 8.42 Å². The zero-order valence-electron chi connectivity index (χ0n) is 6.37. The van der Waals surface area contributed by atoms with Gasteiger partial charge in [-0.25, -0.2) is 0 Å². The average Bonchev–Trinajstić information content (AvgIpc) is 1.90. The number of hydrogen-bond donors (Lipinski definition) is 0. The van der Waals surface area contributed by atoms with E-state index in [0.29, 0.717) is 6.54 Å². The van der Waals surface area contributed by atoms with Crippen molar-refractivity contribution in [2.45, 2.75) is 13.8 Å². The fraction of sp³-hybridized carbons (Fsp3) is 0.833. The summed E-state index contributed by atoms with van der Waals surface area (Å²) in [4.78, 5) is 2.02. The Morgan fingerprint density at radius 1 is 1.30 bits per heavy atom. The van der Waals surface area contributed by atoms with E-state index < -0.39 is 10.3 Å². The first kappa shape index (κ1) is 9.65. The molecule has 60 valence electrons. The van der Waals surface area contributed by atoms with Crippen molar-refractivity contribution in [3.8, 4) is 0 Å². The maximum atomic E-state index is 10.1. The molecule has 0 atom stereocenters. The Kier molecular flexibility index (Phi) is 5.25. The summed E-state index contributed by atoms with van der Waals surface area (Å²) in [7, 11) is -2.01. The molecule has 0 N–H and O–H groups in total. The maximum absolute atomic E-state index is 10.1. The highest BCUT2D eigenvalue weighted by atomic mass is 32.2. The van der Waals surface area contributed by atoms with Gasteiger partial charge in [-0.2, -0.15) is 8.42 Å². The lowest BCUT2D eigenvalue weighted by molar-refractivity contribution is 0.351. The standard InChI is InChI=1S/C6H13NO2S/c1-3-7(4-2)5-6-10(8)9/h6H,3-5H2,1-2H3. The van der Waals surface area contributed by atoms with Gasteiger partial charge in [-0.15, -0.1) is 0 Å². The first-order chi connectivity index (χ1) is 4.70. The molecule has 0 rings (SSSR count). The van der Waals surface area contributed by atoms with Crippen LogP contribution in [0.25, 0.3) is 0 Å². The zero-order valence-corrected chi connectivity index (χ0v) is 7.19. The second kappa shape index (κ2) is 5.44. The molecular formula is C6H13NO2S. The summed E-state index contributed by atoms with van der Waals surface area (Å²) in [5.74, 6) is 0. The molecule has 0 saturated heterocycles. The third-order valence-electron chi connectivity index (χ3n) is 1.36. The van der Waals surface area contributed by atoms with Crippen LogP contribution in [0.15, 0.2) is 0 Å². The van der Waals surface area contributed by atoms with Crippen LogP contribution in [0.5, 0.6) is 0 Å². The molecule has 0 fully saturated rings. The molecule has 0 unspecified atom stereocenters. The van der Waals surface area contributed by atoms with E-state index >= 15 is 0 Å². The third-order valence-corrected chi connectivity index (χ3v) is 1.78. The second-order valence-electron chi connectivity index (χ2n) is 1.91. The minimum atomic E-state index is -2.01. The van der Waals surface area contributed by atoms with E-state index in [2.05, 4.69) is 0 Å². The highest BCUT2D eigenvalue weighted by Gasteiger charge is 1.93. The molecule has 0 bridgehead atoms. The van der Waals surface area contributed by atoms with Crippen molar-refractivity contribution in [3.05, 3.63) is 0 Å². The van der Waals surface area contributed by atoms with Crippen LogP contribution in [0, 0.1) is 0 Å². The lowest BCUT2D eigenvalue weighted by Gasteiger charge is -2.13. The van der Waals surface area contributed by atoms with Crippen molar-refractivity contribution in [1.82, 2.24) is 4.90 Å². The molecular weight excluding hydrogens is 150 g/mol. The summed E-state index contributed by atoms with van der Waals surface area (Å²) in [5, 5.41) is 1.27. The Morgan fingerprint density at radius 3 is 2.10 bits per heavy atom. The fourth-order valence-electron chi connectivity index (χ4n) is 0.648. The first-order valence-corrected chi connectivity index (χ1v) is 4.48. The largest absolute Gasteiger partial charge is 0.299 e. The highest BCUT2D eigenvalue weighted by Crippen LogP contribution is 1.81. The van der Waals surface area contributed by atoms with Crippen LogP contribution < -0.4 is 0 Å². The molecule has 0 aromatic heterocycles. The van der Waals surface area contributed by atoms with Crippen LogP contribution in [0.4, 0.5) is 0 Å². The Morgan fingerprint density at radius 2 is 1.80 bits per heavy atom. The molecule has 3 nitrogen and oxygen atoms in total. The quantitative estimate of drug-likeness (QED) is 0.548. The molecule has 0 aliphatic heterocycles. The maximum Gasteiger partial charge on any atom is 0.211 e. The molecule has 0 saturated carbocycles. The van der Waals surface area contributed by atoms with Gasteiger partial charge in [0.15, 0.2) is 0 Å². The van der Waals surface area contributed by atoms with Gasteiger partial charge in [-0.3, -0.25) is 4.90 Å². The summed E-state index contributed by atoms with van der Waals surface area (Å²) in [5.41, 5.74) is 0. The van der Waals surface area contributed by atoms with Crippen molar-refractivity contribution < 1.29 is 8.42 Å². The number of hydrogen-bond acceptors (Lipinski definition) is 3. The van der Waals surface area contributed by atoms with Crippen LogP contribution >= 0.6 is 0 Å². The van der Waals surface area contributed by atoms with Crippen molar-refractivity contribution in [2.75, 3.05) is 19.6 Å². The molecule has 0 aliphatic carbocycles. The summed E-state index contributed by atoms with van der Waals surface area (Å²) < 4.78 is 20.1. The molecule has 0 aromatic carbocycles. The minimum Gasteiger partial charge on any atom is -0.299 e. The van der Waals surface area contributed by atoms with E-state index in [-0.39, 0.29) is 0 Å². The Hall–Kier alpha value is -0.350. The molecule has 0 amide bonds. The minimum absolute atomic E-state index is 0.531. The molecule has 4 heteroatoms. The molecule has 0 radical (unpaired) electrons. The molecule has 0 spiro atoms. The van der Waals surface area contributed by atoms with E-state index in [1.807, 2.05) is 18.7 Å². The Balaban J connectivity index is 3.76. The van der Waals surface area contributed by atoms with E-state index in [1.165, 1.54) is 5.37 Å². The molecule has 10 heavy (non-hydrogen) atoms. The summed E-state index contributed by atoms with van der Waals surface area (Å²) in [6.45, 7) is 6.33. The first-order valence-electron chi connectivity index (χ1n) is 3.34. The highest BCUT2D eigenvalue weighted by molar-refractivity contribution is 7.71. The normalized spacial score (nSPS) is 9.90. The van der Waals surface area contributed by atoms with Crippen molar-refractivity contribution in [1.29, 1.82) is 0 Å². The Labute approximate surface area is 63.2 Å². The monoisotopic (exact) mass is 163 g/mol. The smallest absolute Gasteiger partial charge is 0.211 e. The summed E-state index contributed by atoms with van der Waals surface area (Å²) in [6.07, 6.45) is 0. The lowest BCUT2D eigenvalue weighted by Crippen LogP contribution is -2.24. The van der Waals surface area contributed by atoms with Crippen LogP contribution in [0.3, 0.4) is 0 Å².